The van der Waals surface area contributed by atoms with E-state index in [-0.39, 0.29) is 12.8 Å². The van der Waals surface area contributed by atoms with Crippen molar-refractivity contribution in [3.8, 4) is 0 Å². The van der Waals surface area contributed by atoms with Gasteiger partial charge in [0.2, 0.25) is 17.7 Å². The minimum atomic E-state index is -1.55. The fraction of sp³-hybridized carbons (Fsp3) is 0.750. The molecule has 168 valence electrons. The Hall–Kier alpha value is -1.55. The number of nitrogens with two attached hydrogens (primary N) is 1. The van der Waals surface area contributed by atoms with E-state index in [2.05, 4.69) is 16.0 Å². The van der Waals surface area contributed by atoms with Crippen LogP contribution in [0.15, 0.2) is 0 Å². The van der Waals surface area contributed by atoms with Crippen LogP contribution in [0, 0.1) is 0 Å². The highest BCUT2D eigenvalue weighted by molar-refractivity contribution is 14.1. The Labute approximate surface area is 181 Å². The quantitative estimate of drug-likeness (QED) is 0.0657. The SMILES string of the molecule is C[C@@H](O)[C@H](NC(=O)C[C@H](O)I)C(=O)N[C@@H](CCCCN)C(=O)N[C@@H](CO)C(=O)O. The number of carboxylic acids is 1. The molecule has 0 aromatic heterocycles. The molecule has 3 amide bonds. The van der Waals surface area contributed by atoms with E-state index in [1.807, 2.05) is 0 Å². The second kappa shape index (κ2) is 14.4. The van der Waals surface area contributed by atoms with Crippen LogP contribution in [0.5, 0.6) is 0 Å². The summed E-state index contributed by atoms with van der Waals surface area (Å²) in [5.41, 5.74) is 5.42. The van der Waals surface area contributed by atoms with Gasteiger partial charge in [-0.25, -0.2) is 4.79 Å². The van der Waals surface area contributed by atoms with E-state index in [0.717, 1.165) is 0 Å². The number of aliphatic hydroxyl groups excluding tert-OH is 3. The number of halogens is 1. The largest absolute Gasteiger partial charge is 0.480 e. The number of amides is 3. The number of hydrogen-bond acceptors (Lipinski definition) is 8. The Morgan fingerprint density at radius 1 is 1.00 bits per heavy atom. The maximum atomic E-state index is 12.5. The summed E-state index contributed by atoms with van der Waals surface area (Å²) in [6, 6.07) is -4.11. The summed E-state index contributed by atoms with van der Waals surface area (Å²) in [5.74, 6) is -3.82. The van der Waals surface area contributed by atoms with Gasteiger partial charge in [-0.1, -0.05) is 22.6 Å². The topological polar surface area (TPSA) is 211 Å². The Morgan fingerprint density at radius 2 is 1.59 bits per heavy atom. The summed E-state index contributed by atoms with van der Waals surface area (Å²) in [5, 5.41) is 43.8. The number of aliphatic hydroxyl groups is 3. The number of hydrogen-bond donors (Lipinski definition) is 8. The van der Waals surface area contributed by atoms with Gasteiger partial charge in [-0.15, -0.1) is 0 Å². The molecule has 12 nitrogen and oxygen atoms in total. The first-order chi connectivity index (χ1) is 13.5. The summed E-state index contributed by atoms with van der Waals surface area (Å²) >= 11 is 1.61. The molecule has 0 aromatic rings. The number of rotatable bonds is 14. The van der Waals surface area contributed by atoms with Crippen LogP contribution in [0.1, 0.15) is 32.6 Å². The molecule has 0 bridgehead atoms. The van der Waals surface area contributed by atoms with E-state index >= 15 is 0 Å². The first kappa shape index (κ1) is 27.5. The van der Waals surface area contributed by atoms with Gasteiger partial charge >= 0.3 is 5.97 Å². The van der Waals surface area contributed by atoms with E-state index < -0.39 is 58.6 Å². The van der Waals surface area contributed by atoms with Crippen molar-refractivity contribution >= 4 is 46.3 Å². The van der Waals surface area contributed by atoms with Gasteiger partial charge in [0, 0.05) is 0 Å². The predicted molar refractivity (Wildman–Crippen MR) is 110 cm³/mol. The summed E-state index contributed by atoms with van der Waals surface area (Å²) in [7, 11) is 0. The number of aliphatic carboxylic acids is 1. The molecule has 0 aliphatic carbocycles. The number of carboxylic acid groups (broad SMARTS) is 1. The Kier molecular flexibility index (Phi) is 13.7. The number of alkyl halides is 1. The Balaban J connectivity index is 5.24. The molecule has 0 spiro atoms. The zero-order chi connectivity index (χ0) is 22.6. The molecule has 5 atom stereocenters. The summed E-state index contributed by atoms with van der Waals surface area (Å²) in [6.07, 6.45) is -0.486. The molecule has 13 heteroatoms. The van der Waals surface area contributed by atoms with Crippen molar-refractivity contribution in [2.45, 2.75) is 60.9 Å². The lowest BCUT2D eigenvalue weighted by Gasteiger charge is -2.25. The normalized spacial score (nSPS) is 16.1. The van der Waals surface area contributed by atoms with Crippen molar-refractivity contribution < 1.29 is 39.6 Å². The zero-order valence-electron chi connectivity index (χ0n) is 16.0. The average Bonchev–Trinajstić information content (AvgIpc) is 2.61. The van der Waals surface area contributed by atoms with Crippen LogP contribution in [0.4, 0.5) is 0 Å². The first-order valence-electron chi connectivity index (χ1n) is 8.97. The lowest BCUT2D eigenvalue weighted by molar-refractivity contribution is -0.143. The van der Waals surface area contributed by atoms with E-state index in [1.54, 1.807) is 22.6 Å². The average molecular weight is 532 g/mol. The summed E-state index contributed by atoms with van der Waals surface area (Å²) in [4.78, 5) is 47.7. The predicted octanol–water partition coefficient (Wildman–Crippen LogP) is -2.83. The molecular weight excluding hydrogens is 503 g/mol. The smallest absolute Gasteiger partial charge is 0.328 e. The molecular formula is C16H29IN4O8. The maximum absolute atomic E-state index is 12.5. The Morgan fingerprint density at radius 3 is 2.03 bits per heavy atom. The van der Waals surface area contributed by atoms with Crippen LogP contribution in [0.3, 0.4) is 0 Å². The van der Waals surface area contributed by atoms with E-state index in [1.165, 1.54) is 6.92 Å². The van der Waals surface area contributed by atoms with Crippen LogP contribution in [0.25, 0.3) is 0 Å². The molecule has 0 heterocycles. The van der Waals surface area contributed by atoms with Crippen LogP contribution in [0.2, 0.25) is 0 Å². The molecule has 0 saturated heterocycles. The zero-order valence-corrected chi connectivity index (χ0v) is 18.2. The van der Waals surface area contributed by atoms with Gasteiger partial charge in [-0.3, -0.25) is 14.4 Å². The van der Waals surface area contributed by atoms with E-state index in [0.29, 0.717) is 19.4 Å². The molecule has 29 heavy (non-hydrogen) atoms. The van der Waals surface area contributed by atoms with Gasteiger partial charge in [0.05, 0.1) is 19.1 Å². The first-order valence-corrected chi connectivity index (χ1v) is 10.2. The summed E-state index contributed by atoms with van der Waals surface area (Å²) in [6.45, 7) is 0.776. The van der Waals surface area contributed by atoms with Crippen molar-refractivity contribution in [1.82, 2.24) is 16.0 Å². The van der Waals surface area contributed by atoms with Crippen LogP contribution in [-0.2, 0) is 19.2 Å². The lowest BCUT2D eigenvalue weighted by Crippen LogP contribution is -2.58. The van der Waals surface area contributed by atoms with Gasteiger partial charge in [-0.2, -0.15) is 0 Å². The fourth-order valence-electron chi connectivity index (χ4n) is 2.27. The lowest BCUT2D eigenvalue weighted by atomic mass is 10.1. The minimum Gasteiger partial charge on any atom is -0.480 e. The molecule has 0 aromatic carbocycles. The molecule has 0 aliphatic rings. The molecule has 9 N–H and O–H groups in total. The molecule has 0 saturated carbocycles. The van der Waals surface area contributed by atoms with Crippen molar-refractivity contribution in [2.75, 3.05) is 13.2 Å². The van der Waals surface area contributed by atoms with E-state index in [4.69, 9.17) is 15.9 Å². The fourth-order valence-corrected chi connectivity index (χ4v) is 2.67. The molecule has 0 radical (unpaired) electrons. The maximum Gasteiger partial charge on any atom is 0.328 e. The van der Waals surface area contributed by atoms with Crippen molar-refractivity contribution in [3.05, 3.63) is 0 Å². The third-order valence-electron chi connectivity index (χ3n) is 3.81. The number of carbonyl (C=O) groups is 4. The van der Waals surface area contributed by atoms with Gasteiger partial charge < -0.3 is 42.1 Å². The van der Waals surface area contributed by atoms with Crippen molar-refractivity contribution in [3.63, 3.8) is 0 Å². The van der Waals surface area contributed by atoms with Crippen molar-refractivity contribution in [2.24, 2.45) is 5.73 Å². The minimum absolute atomic E-state index is 0.124. The number of unbranched alkanes of at least 4 members (excludes halogenated alkanes) is 1. The molecule has 0 unspecified atom stereocenters. The summed E-state index contributed by atoms with van der Waals surface area (Å²) < 4.78 is -0.980. The van der Waals surface area contributed by atoms with Gasteiger partial charge in [0.25, 0.3) is 0 Å². The second-order valence-electron chi connectivity index (χ2n) is 6.35. The van der Waals surface area contributed by atoms with Crippen LogP contribution < -0.4 is 21.7 Å². The number of carbonyl (C=O) groups excluding carboxylic acids is 3. The standard InChI is InChI=1S/C16H29IN4O8/c1-8(23)13(21-12(25)6-11(17)24)15(27)19-9(4-2-3-5-18)14(26)20-10(7-22)16(28)29/h8-11,13,22-24H,2-7,18H2,1H3,(H,19,27)(H,20,26)(H,21,25)(H,28,29)/t8-,9+,10+,11+,13+/m1/s1. The van der Waals surface area contributed by atoms with Gasteiger partial charge in [-0.05, 0) is 32.7 Å². The number of nitrogens with one attached hydrogen (secondary N) is 3. The van der Waals surface area contributed by atoms with Crippen molar-refractivity contribution in [1.29, 1.82) is 0 Å². The highest BCUT2D eigenvalue weighted by Gasteiger charge is 2.31. The second-order valence-corrected chi connectivity index (χ2v) is 7.79. The van der Waals surface area contributed by atoms with Gasteiger partial charge in [0.15, 0.2) is 0 Å². The van der Waals surface area contributed by atoms with Crippen LogP contribution in [-0.4, -0.2) is 85.6 Å². The third kappa shape index (κ3) is 11.3. The molecule has 0 aliphatic heterocycles. The van der Waals surface area contributed by atoms with E-state index in [9.17, 15) is 29.4 Å². The third-order valence-corrected chi connectivity index (χ3v) is 4.25. The molecule has 0 rings (SSSR count). The highest BCUT2D eigenvalue weighted by atomic mass is 127. The Bertz CT molecular complexity index is 561. The highest BCUT2D eigenvalue weighted by Crippen LogP contribution is 2.05. The monoisotopic (exact) mass is 532 g/mol. The van der Waals surface area contributed by atoms with Crippen LogP contribution >= 0.6 is 22.6 Å². The molecule has 0 fully saturated rings. The van der Waals surface area contributed by atoms with Gasteiger partial charge in [0.1, 0.15) is 22.2 Å².